The van der Waals surface area contributed by atoms with Crippen molar-refractivity contribution in [2.45, 2.75) is 64.7 Å². The van der Waals surface area contributed by atoms with E-state index in [1.807, 2.05) is 6.07 Å². The molecule has 0 aliphatic heterocycles. The Hall–Kier alpha value is -1.49. The third kappa shape index (κ3) is 8.40. The summed E-state index contributed by atoms with van der Waals surface area (Å²) < 4.78 is 0. The van der Waals surface area contributed by atoms with Crippen LogP contribution < -0.4 is 4.90 Å². The van der Waals surface area contributed by atoms with Gasteiger partial charge in [0, 0.05) is 18.8 Å². The van der Waals surface area contributed by atoms with Crippen molar-refractivity contribution in [3.05, 3.63) is 30.3 Å². The highest BCUT2D eigenvalue weighted by atomic mass is 15.1. The van der Waals surface area contributed by atoms with Crippen molar-refractivity contribution in [3.8, 4) is 6.07 Å². The van der Waals surface area contributed by atoms with E-state index in [-0.39, 0.29) is 0 Å². The minimum atomic E-state index is 0.603. The van der Waals surface area contributed by atoms with Gasteiger partial charge in [0.05, 0.1) is 12.5 Å². The Labute approximate surface area is 130 Å². The molecule has 0 aromatic heterocycles. The Morgan fingerprint density at radius 2 is 1.48 bits per heavy atom. The zero-order valence-electron chi connectivity index (χ0n) is 13.6. The highest BCUT2D eigenvalue weighted by molar-refractivity contribution is 5.45. The number of anilines is 1. The Morgan fingerprint density at radius 3 is 2.10 bits per heavy atom. The molecule has 0 bridgehead atoms. The van der Waals surface area contributed by atoms with E-state index in [9.17, 15) is 0 Å². The maximum atomic E-state index is 8.80. The van der Waals surface area contributed by atoms with E-state index in [2.05, 4.69) is 42.2 Å². The standard InChI is InChI=1S/C19H30N2/c1-2-3-4-5-6-7-8-12-17-21(18-13-16-20)19-14-10-9-11-15-19/h9-11,14-15H,2-8,12-13,17-18H2,1H3. The Kier molecular flexibility index (Phi) is 10.3. The Morgan fingerprint density at radius 1 is 0.857 bits per heavy atom. The Balaban J connectivity index is 2.20. The van der Waals surface area contributed by atoms with Gasteiger partial charge in [-0.1, -0.05) is 70.1 Å². The molecule has 0 N–H and O–H groups in total. The molecule has 0 amide bonds. The largest absolute Gasteiger partial charge is 0.371 e. The summed E-state index contributed by atoms with van der Waals surface area (Å²) in [6.07, 6.45) is 11.4. The molecule has 0 unspecified atom stereocenters. The van der Waals surface area contributed by atoms with Gasteiger partial charge < -0.3 is 4.90 Å². The van der Waals surface area contributed by atoms with Crippen LogP contribution >= 0.6 is 0 Å². The molecule has 2 heteroatoms. The topological polar surface area (TPSA) is 27.0 Å². The van der Waals surface area contributed by atoms with Crippen LogP contribution in [0, 0.1) is 11.3 Å². The van der Waals surface area contributed by atoms with Gasteiger partial charge in [0.25, 0.3) is 0 Å². The lowest BCUT2D eigenvalue weighted by Gasteiger charge is -2.23. The predicted molar refractivity (Wildman–Crippen MR) is 91.5 cm³/mol. The number of benzene rings is 1. The molecule has 0 atom stereocenters. The number of nitrogens with zero attached hydrogens (tertiary/aromatic N) is 2. The smallest absolute Gasteiger partial charge is 0.0640 e. The van der Waals surface area contributed by atoms with Gasteiger partial charge in [0.15, 0.2) is 0 Å². The Bertz CT molecular complexity index is 380. The van der Waals surface area contributed by atoms with Crippen molar-refractivity contribution in [1.82, 2.24) is 0 Å². The van der Waals surface area contributed by atoms with Crippen LogP contribution in [0.1, 0.15) is 64.7 Å². The third-order valence-electron chi connectivity index (χ3n) is 3.90. The van der Waals surface area contributed by atoms with E-state index in [1.54, 1.807) is 0 Å². The molecule has 0 radical (unpaired) electrons. The van der Waals surface area contributed by atoms with E-state index in [0.29, 0.717) is 6.42 Å². The summed E-state index contributed by atoms with van der Waals surface area (Å²) in [6.45, 7) is 4.18. The van der Waals surface area contributed by atoms with E-state index < -0.39 is 0 Å². The minimum absolute atomic E-state index is 0.603. The maximum absolute atomic E-state index is 8.80. The first-order chi connectivity index (χ1) is 10.4. The van der Waals surface area contributed by atoms with Gasteiger partial charge in [0.2, 0.25) is 0 Å². The molecule has 0 aliphatic rings. The third-order valence-corrected chi connectivity index (χ3v) is 3.90. The summed E-state index contributed by atoms with van der Waals surface area (Å²) in [7, 11) is 0. The fourth-order valence-corrected chi connectivity index (χ4v) is 2.63. The molecule has 1 aromatic rings. The molecule has 116 valence electrons. The summed E-state index contributed by atoms with van der Waals surface area (Å²) in [6, 6.07) is 12.7. The highest BCUT2D eigenvalue weighted by Crippen LogP contribution is 2.15. The number of hydrogen-bond donors (Lipinski definition) is 0. The van der Waals surface area contributed by atoms with Crippen molar-refractivity contribution in [2.75, 3.05) is 18.0 Å². The number of hydrogen-bond acceptors (Lipinski definition) is 2. The molecule has 0 aliphatic carbocycles. The molecule has 1 rings (SSSR count). The van der Waals surface area contributed by atoms with Crippen LogP contribution in [0.2, 0.25) is 0 Å². The number of para-hydroxylation sites is 1. The van der Waals surface area contributed by atoms with Crippen LogP contribution in [0.15, 0.2) is 30.3 Å². The average Bonchev–Trinajstić information content (AvgIpc) is 2.53. The quantitative estimate of drug-likeness (QED) is 0.471. The number of unbranched alkanes of at least 4 members (excludes halogenated alkanes) is 7. The first kappa shape index (κ1) is 17.6. The second kappa shape index (κ2) is 12.3. The minimum Gasteiger partial charge on any atom is -0.371 e. The van der Waals surface area contributed by atoms with Crippen LogP contribution in [0.3, 0.4) is 0 Å². The maximum Gasteiger partial charge on any atom is 0.0640 e. The van der Waals surface area contributed by atoms with E-state index in [1.165, 1.54) is 57.1 Å². The molecule has 0 heterocycles. The van der Waals surface area contributed by atoms with Crippen LogP contribution in [0.5, 0.6) is 0 Å². The van der Waals surface area contributed by atoms with Crippen LogP contribution in [0.4, 0.5) is 5.69 Å². The van der Waals surface area contributed by atoms with Crippen LogP contribution in [-0.2, 0) is 0 Å². The summed E-state index contributed by atoms with van der Waals surface area (Å²) >= 11 is 0. The molecule has 21 heavy (non-hydrogen) atoms. The van der Waals surface area contributed by atoms with E-state index in [0.717, 1.165) is 13.1 Å². The molecule has 0 fully saturated rings. The second-order valence-corrected chi connectivity index (χ2v) is 5.71. The van der Waals surface area contributed by atoms with Crippen LogP contribution in [0.25, 0.3) is 0 Å². The lowest BCUT2D eigenvalue weighted by molar-refractivity contribution is 0.571. The van der Waals surface area contributed by atoms with Gasteiger partial charge in [-0.15, -0.1) is 0 Å². The molecule has 2 nitrogen and oxygen atoms in total. The monoisotopic (exact) mass is 286 g/mol. The van der Waals surface area contributed by atoms with E-state index in [4.69, 9.17) is 5.26 Å². The van der Waals surface area contributed by atoms with E-state index >= 15 is 0 Å². The summed E-state index contributed by atoms with van der Waals surface area (Å²) in [5, 5.41) is 8.80. The number of nitriles is 1. The van der Waals surface area contributed by atoms with Crippen LogP contribution in [-0.4, -0.2) is 13.1 Å². The fourth-order valence-electron chi connectivity index (χ4n) is 2.63. The van der Waals surface area contributed by atoms with Crippen molar-refractivity contribution < 1.29 is 0 Å². The van der Waals surface area contributed by atoms with Crippen molar-refractivity contribution >= 4 is 5.69 Å². The SMILES string of the molecule is CCCCCCCCCCN(CCC#N)c1ccccc1. The van der Waals surface area contributed by atoms with Crippen molar-refractivity contribution in [2.24, 2.45) is 0 Å². The molecular formula is C19H30N2. The lowest BCUT2D eigenvalue weighted by Crippen LogP contribution is -2.25. The predicted octanol–water partition coefficient (Wildman–Crippen LogP) is 5.55. The van der Waals surface area contributed by atoms with Crippen molar-refractivity contribution in [3.63, 3.8) is 0 Å². The highest BCUT2D eigenvalue weighted by Gasteiger charge is 2.05. The van der Waals surface area contributed by atoms with Gasteiger partial charge in [-0.25, -0.2) is 0 Å². The molecule has 0 spiro atoms. The zero-order chi connectivity index (χ0) is 15.2. The van der Waals surface area contributed by atoms with Gasteiger partial charge in [0.1, 0.15) is 0 Å². The van der Waals surface area contributed by atoms with Gasteiger partial charge in [-0.2, -0.15) is 5.26 Å². The van der Waals surface area contributed by atoms with Gasteiger partial charge in [-0.05, 0) is 18.6 Å². The van der Waals surface area contributed by atoms with Gasteiger partial charge in [-0.3, -0.25) is 0 Å². The fraction of sp³-hybridized carbons (Fsp3) is 0.632. The lowest BCUT2D eigenvalue weighted by atomic mass is 10.1. The normalized spacial score (nSPS) is 10.3. The zero-order valence-corrected chi connectivity index (χ0v) is 13.6. The first-order valence-corrected chi connectivity index (χ1v) is 8.55. The average molecular weight is 286 g/mol. The summed E-state index contributed by atoms with van der Waals surface area (Å²) in [4.78, 5) is 2.35. The summed E-state index contributed by atoms with van der Waals surface area (Å²) in [5.41, 5.74) is 1.25. The first-order valence-electron chi connectivity index (χ1n) is 8.55. The molecular weight excluding hydrogens is 256 g/mol. The molecule has 0 saturated carbocycles. The summed E-state index contributed by atoms with van der Waals surface area (Å²) in [5.74, 6) is 0. The molecule has 0 saturated heterocycles. The van der Waals surface area contributed by atoms with Crippen molar-refractivity contribution in [1.29, 1.82) is 5.26 Å². The molecule has 1 aromatic carbocycles. The number of rotatable bonds is 12. The second-order valence-electron chi connectivity index (χ2n) is 5.71. The van der Waals surface area contributed by atoms with Gasteiger partial charge >= 0.3 is 0 Å².